The third-order valence-corrected chi connectivity index (χ3v) is 4.48. The Balaban J connectivity index is 2.08. The predicted molar refractivity (Wildman–Crippen MR) is 99.2 cm³/mol. The lowest BCUT2D eigenvalue weighted by Crippen LogP contribution is -2.33. The number of carbonyl (C=O) groups excluding carboxylic acids is 2. The highest BCUT2D eigenvalue weighted by molar-refractivity contribution is 5.95. The number of halogens is 2. The van der Waals surface area contributed by atoms with Crippen LogP contribution in [-0.2, 0) is 14.3 Å². The largest absolute Gasteiger partial charge is 0.452 e. The zero-order valence-electron chi connectivity index (χ0n) is 15.5. The second-order valence-corrected chi connectivity index (χ2v) is 6.47. The first-order valence-corrected chi connectivity index (χ1v) is 8.84. The summed E-state index contributed by atoms with van der Waals surface area (Å²) in [6, 6.07) is 12.0. The molecule has 0 unspecified atom stereocenters. The van der Waals surface area contributed by atoms with Crippen molar-refractivity contribution in [3.63, 3.8) is 0 Å². The van der Waals surface area contributed by atoms with E-state index in [9.17, 15) is 18.4 Å². The number of hydrogen-bond donors (Lipinski definition) is 1. The molecular weight excluding hydrogens is 352 g/mol. The van der Waals surface area contributed by atoms with Crippen molar-refractivity contribution in [3.05, 3.63) is 65.7 Å². The molecule has 0 aliphatic rings. The van der Waals surface area contributed by atoms with Crippen LogP contribution in [0.5, 0.6) is 0 Å². The van der Waals surface area contributed by atoms with Gasteiger partial charge in [-0.2, -0.15) is 0 Å². The molecule has 6 heteroatoms. The van der Waals surface area contributed by atoms with Crippen LogP contribution in [0.25, 0.3) is 0 Å². The van der Waals surface area contributed by atoms with Gasteiger partial charge >= 0.3 is 5.97 Å². The fraction of sp³-hybridized carbons (Fsp3) is 0.333. The lowest BCUT2D eigenvalue weighted by molar-refractivity contribution is -0.155. The number of benzene rings is 2. The summed E-state index contributed by atoms with van der Waals surface area (Å²) in [5.74, 6) is -3.34. The topological polar surface area (TPSA) is 55.4 Å². The molecular formula is C21H23F2NO3. The van der Waals surface area contributed by atoms with E-state index in [4.69, 9.17) is 4.74 Å². The van der Waals surface area contributed by atoms with Crippen molar-refractivity contribution in [3.8, 4) is 0 Å². The summed E-state index contributed by atoms with van der Waals surface area (Å²) in [6.07, 6.45) is -0.368. The van der Waals surface area contributed by atoms with Gasteiger partial charge in [-0.05, 0) is 30.5 Å². The van der Waals surface area contributed by atoms with Gasteiger partial charge in [0.05, 0.1) is 11.6 Å². The monoisotopic (exact) mass is 375 g/mol. The van der Waals surface area contributed by atoms with Gasteiger partial charge in [0.15, 0.2) is 6.10 Å². The molecule has 0 aliphatic carbocycles. The summed E-state index contributed by atoms with van der Waals surface area (Å²) in [5.41, 5.74) is 0.639. The van der Waals surface area contributed by atoms with E-state index in [-0.39, 0.29) is 11.6 Å². The maximum atomic E-state index is 13.7. The number of carbonyl (C=O) groups is 2. The normalized spacial score (nSPS) is 14.1. The standard InChI is InChI=1S/C21H23F2NO3/c1-4-13(2)19(15-8-6-5-7-9-15)21(26)27-14(3)20(25)24-18-11-10-16(22)12-17(18)23/h5-14,19H,4H2,1-3H3,(H,24,25)/t13-,14-,19+/m0/s1. The van der Waals surface area contributed by atoms with Crippen molar-refractivity contribution >= 4 is 17.6 Å². The van der Waals surface area contributed by atoms with Crippen LogP contribution in [0.15, 0.2) is 48.5 Å². The molecule has 3 atom stereocenters. The molecule has 0 saturated carbocycles. The van der Waals surface area contributed by atoms with Crippen LogP contribution in [0.2, 0.25) is 0 Å². The molecule has 144 valence electrons. The molecule has 0 spiro atoms. The van der Waals surface area contributed by atoms with E-state index in [1.54, 1.807) is 0 Å². The third-order valence-electron chi connectivity index (χ3n) is 4.48. The average molecular weight is 375 g/mol. The Morgan fingerprint density at radius 3 is 2.33 bits per heavy atom. The van der Waals surface area contributed by atoms with E-state index in [1.807, 2.05) is 44.2 Å². The molecule has 0 fully saturated rings. The maximum absolute atomic E-state index is 13.7. The average Bonchev–Trinajstić information content (AvgIpc) is 2.64. The van der Waals surface area contributed by atoms with Gasteiger partial charge in [-0.1, -0.05) is 50.6 Å². The molecule has 1 amide bonds. The summed E-state index contributed by atoms with van der Waals surface area (Å²) < 4.78 is 32.0. The van der Waals surface area contributed by atoms with Crippen LogP contribution in [0, 0.1) is 17.6 Å². The van der Waals surface area contributed by atoms with Crippen LogP contribution in [0.4, 0.5) is 14.5 Å². The first-order valence-electron chi connectivity index (χ1n) is 8.84. The highest BCUT2D eigenvalue weighted by Crippen LogP contribution is 2.29. The molecule has 27 heavy (non-hydrogen) atoms. The van der Waals surface area contributed by atoms with Crippen molar-refractivity contribution in [1.29, 1.82) is 0 Å². The Kier molecular flexibility index (Phi) is 7.05. The van der Waals surface area contributed by atoms with E-state index >= 15 is 0 Å². The number of rotatable bonds is 7. The highest BCUT2D eigenvalue weighted by atomic mass is 19.1. The quantitative estimate of drug-likeness (QED) is 0.716. The predicted octanol–water partition coefficient (Wildman–Crippen LogP) is 4.66. The van der Waals surface area contributed by atoms with Crippen LogP contribution in [0.3, 0.4) is 0 Å². The van der Waals surface area contributed by atoms with Gasteiger partial charge in [0.2, 0.25) is 0 Å². The van der Waals surface area contributed by atoms with Crippen molar-refractivity contribution in [2.75, 3.05) is 5.32 Å². The fourth-order valence-corrected chi connectivity index (χ4v) is 2.72. The van der Waals surface area contributed by atoms with Gasteiger partial charge in [-0.3, -0.25) is 9.59 Å². The Morgan fingerprint density at radius 2 is 1.74 bits per heavy atom. The fourth-order valence-electron chi connectivity index (χ4n) is 2.72. The number of amides is 1. The van der Waals surface area contributed by atoms with Crippen molar-refractivity contribution in [2.24, 2.45) is 5.92 Å². The van der Waals surface area contributed by atoms with Gasteiger partial charge in [0.25, 0.3) is 5.91 Å². The van der Waals surface area contributed by atoms with Gasteiger partial charge in [-0.15, -0.1) is 0 Å². The molecule has 0 radical (unpaired) electrons. The molecule has 2 aromatic rings. The minimum atomic E-state index is -1.13. The number of esters is 1. The molecule has 2 aromatic carbocycles. The summed E-state index contributed by atoms with van der Waals surface area (Å²) in [4.78, 5) is 24.9. The van der Waals surface area contributed by atoms with Crippen molar-refractivity contribution < 1.29 is 23.1 Å². The summed E-state index contributed by atoms with van der Waals surface area (Å²) in [7, 11) is 0. The molecule has 1 N–H and O–H groups in total. The summed E-state index contributed by atoms with van der Waals surface area (Å²) in [5, 5.41) is 2.31. The maximum Gasteiger partial charge on any atom is 0.314 e. The SMILES string of the molecule is CC[C@H](C)[C@@H](C(=O)O[C@@H](C)C(=O)Nc1ccc(F)cc1F)c1ccccc1. The van der Waals surface area contributed by atoms with Crippen LogP contribution in [-0.4, -0.2) is 18.0 Å². The van der Waals surface area contributed by atoms with Gasteiger partial charge in [0, 0.05) is 6.07 Å². The molecule has 0 bridgehead atoms. The Labute approximate surface area is 157 Å². The van der Waals surface area contributed by atoms with Crippen LogP contribution >= 0.6 is 0 Å². The van der Waals surface area contributed by atoms with E-state index in [2.05, 4.69) is 5.32 Å². The molecule has 0 saturated heterocycles. The molecule has 0 aromatic heterocycles. The second kappa shape index (κ2) is 9.26. The van der Waals surface area contributed by atoms with E-state index < -0.39 is 35.5 Å². The van der Waals surface area contributed by atoms with Gasteiger partial charge in [0.1, 0.15) is 11.6 Å². The summed E-state index contributed by atoms with van der Waals surface area (Å²) >= 11 is 0. The number of ether oxygens (including phenoxy) is 1. The van der Waals surface area contributed by atoms with Gasteiger partial charge < -0.3 is 10.1 Å². The molecule has 0 heterocycles. The Morgan fingerprint density at radius 1 is 1.07 bits per heavy atom. The molecule has 2 rings (SSSR count). The zero-order valence-corrected chi connectivity index (χ0v) is 15.5. The minimum absolute atomic E-state index is 0.0182. The lowest BCUT2D eigenvalue weighted by atomic mass is 9.85. The number of anilines is 1. The Bertz CT molecular complexity index is 795. The number of hydrogen-bond acceptors (Lipinski definition) is 3. The van der Waals surface area contributed by atoms with Crippen LogP contribution in [0.1, 0.15) is 38.7 Å². The van der Waals surface area contributed by atoms with Crippen molar-refractivity contribution in [1.82, 2.24) is 0 Å². The smallest absolute Gasteiger partial charge is 0.314 e. The first-order chi connectivity index (χ1) is 12.8. The van der Waals surface area contributed by atoms with Gasteiger partial charge in [-0.25, -0.2) is 8.78 Å². The second-order valence-electron chi connectivity index (χ2n) is 6.47. The summed E-state index contributed by atoms with van der Waals surface area (Å²) in [6.45, 7) is 5.33. The van der Waals surface area contributed by atoms with Crippen LogP contribution < -0.4 is 5.32 Å². The lowest BCUT2D eigenvalue weighted by Gasteiger charge is -2.24. The van der Waals surface area contributed by atoms with E-state index in [1.165, 1.54) is 6.92 Å². The molecule has 4 nitrogen and oxygen atoms in total. The Hall–Kier alpha value is -2.76. The van der Waals surface area contributed by atoms with E-state index in [0.717, 1.165) is 24.1 Å². The zero-order chi connectivity index (χ0) is 20.0. The first kappa shape index (κ1) is 20.6. The molecule has 0 aliphatic heterocycles. The highest BCUT2D eigenvalue weighted by Gasteiger charge is 2.30. The van der Waals surface area contributed by atoms with E-state index in [0.29, 0.717) is 6.07 Å². The minimum Gasteiger partial charge on any atom is -0.452 e. The third kappa shape index (κ3) is 5.36. The van der Waals surface area contributed by atoms with Crippen molar-refractivity contribution in [2.45, 2.75) is 39.2 Å². The number of nitrogens with one attached hydrogen (secondary N) is 1.